The van der Waals surface area contributed by atoms with Crippen molar-refractivity contribution in [2.75, 3.05) is 18.5 Å². The second-order valence-electron chi connectivity index (χ2n) is 6.08. The maximum atomic E-state index is 14.6. The zero-order valence-corrected chi connectivity index (χ0v) is 14.4. The van der Waals surface area contributed by atoms with Gasteiger partial charge in [0.1, 0.15) is 11.6 Å². The van der Waals surface area contributed by atoms with Gasteiger partial charge in [0.25, 0.3) is 0 Å². The Bertz CT molecular complexity index is 761. The first-order chi connectivity index (χ1) is 12.2. The van der Waals surface area contributed by atoms with E-state index in [1.54, 1.807) is 6.07 Å². The van der Waals surface area contributed by atoms with Gasteiger partial charge in [0.15, 0.2) is 0 Å². The van der Waals surface area contributed by atoms with Crippen LogP contribution in [0.3, 0.4) is 0 Å². The quantitative estimate of drug-likeness (QED) is 0.845. The minimum Gasteiger partial charge on any atom is -0.494 e. The predicted octanol–water partition coefficient (Wildman–Crippen LogP) is 3.44. The molecule has 2 aromatic carbocycles. The van der Waals surface area contributed by atoms with Gasteiger partial charge in [-0.25, -0.2) is 4.39 Å². The zero-order valence-electron chi connectivity index (χ0n) is 14.4. The summed E-state index contributed by atoms with van der Waals surface area (Å²) in [7, 11) is 0. The summed E-state index contributed by atoms with van der Waals surface area (Å²) in [4.78, 5) is 12.2. The van der Waals surface area contributed by atoms with Gasteiger partial charge in [-0.05, 0) is 55.1 Å². The predicted molar refractivity (Wildman–Crippen MR) is 96.4 cm³/mol. The standard InChI is InChI=1S/C20H23FN2O2/c1-2-25-18-6-4-3-5-14(18)8-10-19(24)23-17-9-7-15-13-22-12-11-16(15)20(17)21/h3-7,9,22H,2,8,10-13H2,1H3,(H,23,24). The molecule has 0 bridgehead atoms. The number of para-hydroxylation sites is 1. The van der Waals surface area contributed by atoms with E-state index in [1.165, 1.54) is 0 Å². The number of benzene rings is 2. The minimum absolute atomic E-state index is 0.195. The molecule has 0 radical (unpaired) electrons. The molecule has 3 rings (SSSR count). The van der Waals surface area contributed by atoms with Crippen LogP contribution in [0.25, 0.3) is 0 Å². The molecule has 0 atom stereocenters. The molecular formula is C20H23FN2O2. The summed E-state index contributed by atoms with van der Waals surface area (Å²) in [6, 6.07) is 11.2. The van der Waals surface area contributed by atoms with E-state index in [1.807, 2.05) is 37.3 Å². The first-order valence-corrected chi connectivity index (χ1v) is 8.70. The molecule has 2 aromatic rings. The third-order valence-corrected chi connectivity index (χ3v) is 4.38. The van der Waals surface area contributed by atoms with Crippen molar-refractivity contribution >= 4 is 11.6 Å². The molecule has 25 heavy (non-hydrogen) atoms. The van der Waals surface area contributed by atoms with Crippen molar-refractivity contribution in [2.24, 2.45) is 0 Å². The number of halogens is 1. The van der Waals surface area contributed by atoms with Crippen molar-refractivity contribution in [3.8, 4) is 5.75 Å². The SMILES string of the molecule is CCOc1ccccc1CCC(=O)Nc1ccc2c(c1F)CCNC2. The van der Waals surface area contributed by atoms with Gasteiger partial charge in [0.05, 0.1) is 12.3 Å². The highest BCUT2D eigenvalue weighted by atomic mass is 19.1. The molecule has 0 unspecified atom stereocenters. The van der Waals surface area contributed by atoms with Crippen LogP contribution in [0.15, 0.2) is 36.4 Å². The number of hydrogen-bond acceptors (Lipinski definition) is 3. The topological polar surface area (TPSA) is 50.4 Å². The largest absolute Gasteiger partial charge is 0.494 e. The van der Waals surface area contributed by atoms with Gasteiger partial charge in [-0.3, -0.25) is 4.79 Å². The highest BCUT2D eigenvalue weighted by Crippen LogP contribution is 2.25. The normalized spacial score (nSPS) is 13.2. The van der Waals surface area contributed by atoms with Gasteiger partial charge in [-0.2, -0.15) is 0 Å². The lowest BCUT2D eigenvalue weighted by molar-refractivity contribution is -0.116. The Morgan fingerprint density at radius 3 is 2.96 bits per heavy atom. The molecule has 0 saturated heterocycles. The summed E-state index contributed by atoms with van der Waals surface area (Å²) >= 11 is 0. The van der Waals surface area contributed by atoms with Crippen LogP contribution < -0.4 is 15.4 Å². The molecule has 0 aliphatic carbocycles. The number of carbonyl (C=O) groups excluding carboxylic acids is 1. The van der Waals surface area contributed by atoms with E-state index in [0.717, 1.165) is 23.4 Å². The van der Waals surface area contributed by atoms with E-state index in [9.17, 15) is 9.18 Å². The number of rotatable bonds is 6. The number of ether oxygens (including phenoxy) is 1. The van der Waals surface area contributed by atoms with Gasteiger partial charge in [-0.15, -0.1) is 0 Å². The number of hydrogen-bond donors (Lipinski definition) is 2. The Morgan fingerprint density at radius 2 is 2.12 bits per heavy atom. The van der Waals surface area contributed by atoms with Crippen LogP contribution in [-0.2, 0) is 24.2 Å². The van der Waals surface area contributed by atoms with Crippen LogP contribution in [0.1, 0.15) is 30.0 Å². The van der Waals surface area contributed by atoms with E-state index >= 15 is 0 Å². The van der Waals surface area contributed by atoms with Gasteiger partial charge in [0, 0.05) is 13.0 Å². The highest BCUT2D eigenvalue weighted by Gasteiger charge is 2.17. The molecule has 4 nitrogen and oxygen atoms in total. The Morgan fingerprint density at radius 1 is 1.28 bits per heavy atom. The number of fused-ring (bicyclic) bond motifs is 1. The molecule has 0 fully saturated rings. The van der Waals surface area contributed by atoms with Crippen LogP contribution in [-0.4, -0.2) is 19.1 Å². The van der Waals surface area contributed by atoms with Gasteiger partial charge in [0.2, 0.25) is 5.91 Å². The van der Waals surface area contributed by atoms with Gasteiger partial charge >= 0.3 is 0 Å². The lowest BCUT2D eigenvalue weighted by atomic mass is 9.99. The molecule has 0 spiro atoms. The van der Waals surface area contributed by atoms with E-state index < -0.39 is 0 Å². The highest BCUT2D eigenvalue weighted by molar-refractivity contribution is 5.91. The molecule has 5 heteroatoms. The van der Waals surface area contributed by atoms with Crippen LogP contribution in [0.2, 0.25) is 0 Å². The average molecular weight is 342 g/mol. The van der Waals surface area contributed by atoms with Crippen molar-refractivity contribution in [2.45, 2.75) is 32.7 Å². The van der Waals surface area contributed by atoms with Gasteiger partial charge < -0.3 is 15.4 Å². The fourth-order valence-electron chi connectivity index (χ4n) is 3.10. The van der Waals surface area contributed by atoms with Gasteiger partial charge in [-0.1, -0.05) is 24.3 Å². The molecule has 0 saturated carbocycles. The van der Waals surface area contributed by atoms with E-state index in [4.69, 9.17) is 4.74 Å². The Labute approximate surface area is 147 Å². The maximum absolute atomic E-state index is 14.6. The van der Waals surface area contributed by atoms with Crippen LogP contribution in [0.4, 0.5) is 10.1 Å². The second-order valence-corrected chi connectivity index (χ2v) is 6.08. The molecule has 1 amide bonds. The Hall–Kier alpha value is -2.40. The third-order valence-electron chi connectivity index (χ3n) is 4.38. The number of carbonyl (C=O) groups is 1. The van der Waals surface area contributed by atoms with Crippen molar-refractivity contribution in [3.63, 3.8) is 0 Å². The molecular weight excluding hydrogens is 319 g/mol. The molecule has 0 aromatic heterocycles. The van der Waals surface area contributed by atoms with E-state index in [0.29, 0.717) is 31.6 Å². The molecule has 1 aliphatic rings. The number of nitrogens with one attached hydrogen (secondary N) is 2. The summed E-state index contributed by atoms with van der Waals surface area (Å²) in [6.07, 6.45) is 1.48. The molecule has 132 valence electrons. The average Bonchev–Trinajstić information content (AvgIpc) is 2.64. The van der Waals surface area contributed by atoms with Crippen molar-refractivity contribution < 1.29 is 13.9 Å². The number of anilines is 1. The van der Waals surface area contributed by atoms with E-state index in [-0.39, 0.29) is 23.8 Å². The Balaban J connectivity index is 1.64. The Kier molecular flexibility index (Phi) is 5.66. The molecule has 1 heterocycles. The number of amides is 1. The summed E-state index contributed by atoms with van der Waals surface area (Å²) in [5.74, 6) is 0.298. The third kappa shape index (κ3) is 4.17. The monoisotopic (exact) mass is 342 g/mol. The first kappa shape index (κ1) is 17.4. The smallest absolute Gasteiger partial charge is 0.224 e. The summed E-state index contributed by atoms with van der Waals surface area (Å²) in [5.41, 5.74) is 2.92. The molecule has 1 aliphatic heterocycles. The second kappa shape index (κ2) is 8.12. The number of aryl methyl sites for hydroxylation is 1. The summed E-state index contributed by atoms with van der Waals surface area (Å²) in [6.45, 7) is 3.94. The van der Waals surface area contributed by atoms with Crippen LogP contribution >= 0.6 is 0 Å². The van der Waals surface area contributed by atoms with E-state index in [2.05, 4.69) is 10.6 Å². The van der Waals surface area contributed by atoms with Crippen molar-refractivity contribution in [3.05, 3.63) is 58.9 Å². The maximum Gasteiger partial charge on any atom is 0.224 e. The minimum atomic E-state index is -0.304. The first-order valence-electron chi connectivity index (χ1n) is 8.70. The van der Waals surface area contributed by atoms with Crippen molar-refractivity contribution in [1.29, 1.82) is 0 Å². The lowest BCUT2D eigenvalue weighted by Gasteiger charge is -2.19. The van der Waals surface area contributed by atoms with Crippen molar-refractivity contribution in [1.82, 2.24) is 5.32 Å². The summed E-state index contributed by atoms with van der Waals surface area (Å²) in [5, 5.41) is 5.92. The fourth-order valence-corrected chi connectivity index (χ4v) is 3.10. The zero-order chi connectivity index (χ0) is 17.6. The fraction of sp³-hybridized carbons (Fsp3) is 0.350. The van der Waals surface area contributed by atoms with Crippen LogP contribution in [0.5, 0.6) is 5.75 Å². The summed E-state index contributed by atoms with van der Waals surface area (Å²) < 4.78 is 20.2. The van der Waals surface area contributed by atoms with Crippen LogP contribution in [0, 0.1) is 5.82 Å². The lowest BCUT2D eigenvalue weighted by Crippen LogP contribution is -2.25. The molecule has 2 N–H and O–H groups in total.